The van der Waals surface area contributed by atoms with Crippen LogP contribution in [-0.4, -0.2) is 30.3 Å². The minimum absolute atomic E-state index is 0.305. The van der Waals surface area contributed by atoms with Crippen LogP contribution in [0.4, 0.5) is 5.82 Å². The number of ether oxygens (including phenoxy) is 2. The molecule has 4 rings (SSSR count). The number of carbonyl (C=O) groups excluding carboxylic acids is 1. The van der Waals surface area contributed by atoms with Gasteiger partial charge in [-0.25, -0.2) is 0 Å². The highest BCUT2D eigenvalue weighted by atomic mass is 16.5. The molecule has 0 aliphatic carbocycles. The summed E-state index contributed by atoms with van der Waals surface area (Å²) in [6, 6.07) is 19.3. The van der Waals surface area contributed by atoms with E-state index in [9.17, 15) is 4.79 Å². The van der Waals surface area contributed by atoms with Gasteiger partial charge < -0.3 is 14.8 Å². The smallest absolute Gasteiger partial charge is 0.260 e. The molecule has 146 valence electrons. The standard InChI is InChI=1S/C23H21N3O3/c1-14-6-4-5-7-17(14)15-8-10-18-20(12-15)25-26-22(18)24-23(27)19-11-9-16(28-2)13-21(19)29-3/h4-13H,1-3H3,(H2,24,25,26,27). The summed E-state index contributed by atoms with van der Waals surface area (Å²) >= 11 is 0. The van der Waals surface area contributed by atoms with E-state index in [1.807, 2.05) is 30.3 Å². The molecule has 0 radical (unpaired) electrons. The molecule has 0 bridgehead atoms. The lowest BCUT2D eigenvalue weighted by Gasteiger charge is -2.10. The molecule has 6 nitrogen and oxygen atoms in total. The third-order valence-electron chi connectivity index (χ3n) is 4.90. The molecular weight excluding hydrogens is 366 g/mol. The Morgan fingerprint density at radius 3 is 2.59 bits per heavy atom. The van der Waals surface area contributed by atoms with E-state index in [-0.39, 0.29) is 5.91 Å². The predicted molar refractivity (Wildman–Crippen MR) is 114 cm³/mol. The minimum Gasteiger partial charge on any atom is -0.497 e. The molecule has 0 aliphatic rings. The van der Waals surface area contributed by atoms with Gasteiger partial charge in [0.05, 0.1) is 25.3 Å². The summed E-state index contributed by atoms with van der Waals surface area (Å²) in [5.41, 5.74) is 4.71. The van der Waals surface area contributed by atoms with Gasteiger partial charge in [0.1, 0.15) is 11.5 Å². The van der Waals surface area contributed by atoms with Crippen LogP contribution in [0.3, 0.4) is 0 Å². The molecule has 1 amide bonds. The Morgan fingerprint density at radius 1 is 1.00 bits per heavy atom. The first-order chi connectivity index (χ1) is 14.1. The second kappa shape index (κ2) is 7.67. The van der Waals surface area contributed by atoms with Gasteiger partial charge in [-0.2, -0.15) is 5.10 Å². The number of methoxy groups -OCH3 is 2. The molecule has 1 aromatic heterocycles. The lowest BCUT2D eigenvalue weighted by molar-refractivity contribution is 0.102. The van der Waals surface area contributed by atoms with E-state index in [1.165, 1.54) is 12.7 Å². The van der Waals surface area contributed by atoms with Crippen molar-refractivity contribution >= 4 is 22.6 Å². The second-order valence-corrected chi connectivity index (χ2v) is 6.67. The van der Waals surface area contributed by atoms with Gasteiger partial charge in [0.15, 0.2) is 5.82 Å². The average molecular weight is 387 g/mol. The molecule has 0 spiro atoms. The maximum Gasteiger partial charge on any atom is 0.260 e. The fourth-order valence-electron chi connectivity index (χ4n) is 3.34. The number of H-pyrrole nitrogens is 1. The van der Waals surface area contributed by atoms with E-state index >= 15 is 0 Å². The second-order valence-electron chi connectivity index (χ2n) is 6.67. The quantitative estimate of drug-likeness (QED) is 0.515. The van der Waals surface area contributed by atoms with Crippen molar-refractivity contribution in [1.82, 2.24) is 10.2 Å². The van der Waals surface area contributed by atoms with Crippen LogP contribution in [0.2, 0.25) is 0 Å². The molecule has 0 aliphatic heterocycles. The zero-order valence-corrected chi connectivity index (χ0v) is 16.4. The van der Waals surface area contributed by atoms with Crippen molar-refractivity contribution in [2.24, 2.45) is 0 Å². The SMILES string of the molecule is COc1ccc(C(=O)Nc2n[nH]c3cc(-c4ccccc4C)ccc23)c(OC)c1. The van der Waals surface area contributed by atoms with Gasteiger partial charge in [0, 0.05) is 11.5 Å². The predicted octanol–water partition coefficient (Wildman–Crippen LogP) is 4.81. The van der Waals surface area contributed by atoms with Crippen molar-refractivity contribution in [3.63, 3.8) is 0 Å². The average Bonchev–Trinajstić information content (AvgIpc) is 3.15. The number of aryl methyl sites for hydroxylation is 1. The number of fused-ring (bicyclic) bond motifs is 1. The number of benzene rings is 3. The van der Waals surface area contributed by atoms with Gasteiger partial charge in [0.2, 0.25) is 0 Å². The Hall–Kier alpha value is -3.80. The molecule has 3 aromatic carbocycles. The number of amides is 1. The summed E-state index contributed by atoms with van der Waals surface area (Å²) in [6.45, 7) is 2.08. The number of hydrogen-bond donors (Lipinski definition) is 2. The number of nitrogens with one attached hydrogen (secondary N) is 2. The molecule has 0 saturated carbocycles. The normalized spacial score (nSPS) is 10.7. The Labute approximate surface area is 168 Å². The zero-order valence-electron chi connectivity index (χ0n) is 16.4. The van der Waals surface area contributed by atoms with Crippen molar-refractivity contribution in [2.45, 2.75) is 6.92 Å². The van der Waals surface area contributed by atoms with Crippen molar-refractivity contribution in [3.05, 3.63) is 71.8 Å². The first kappa shape index (κ1) is 18.6. The number of carbonyl (C=O) groups is 1. The van der Waals surface area contributed by atoms with E-state index in [0.29, 0.717) is 22.9 Å². The van der Waals surface area contributed by atoms with Crippen LogP contribution in [0, 0.1) is 6.92 Å². The summed E-state index contributed by atoms with van der Waals surface area (Å²) in [7, 11) is 3.08. The Balaban J connectivity index is 1.64. The van der Waals surface area contributed by atoms with Crippen molar-refractivity contribution < 1.29 is 14.3 Å². The van der Waals surface area contributed by atoms with Crippen LogP contribution in [0.5, 0.6) is 11.5 Å². The number of nitrogens with zero attached hydrogens (tertiary/aromatic N) is 1. The fraction of sp³-hybridized carbons (Fsp3) is 0.130. The van der Waals surface area contributed by atoms with Gasteiger partial charge >= 0.3 is 0 Å². The van der Waals surface area contributed by atoms with Gasteiger partial charge in [-0.15, -0.1) is 0 Å². The largest absolute Gasteiger partial charge is 0.497 e. The molecule has 0 saturated heterocycles. The Morgan fingerprint density at radius 2 is 1.83 bits per heavy atom. The molecule has 0 fully saturated rings. The Kier molecular flexibility index (Phi) is 4.91. The maximum absolute atomic E-state index is 12.8. The van der Waals surface area contributed by atoms with Crippen LogP contribution in [-0.2, 0) is 0 Å². The van der Waals surface area contributed by atoms with E-state index in [1.54, 1.807) is 25.3 Å². The van der Waals surface area contributed by atoms with Gasteiger partial charge in [-0.3, -0.25) is 9.89 Å². The van der Waals surface area contributed by atoms with Crippen molar-refractivity contribution in [2.75, 3.05) is 19.5 Å². The van der Waals surface area contributed by atoms with Crippen LogP contribution < -0.4 is 14.8 Å². The monoisotopic (exact) mass is 387 g/mol. The highest BCUT2D eigenvalue weighted by Crippen LogP contribution is 2.30. The van der Waals surface area contributed by atoms with Crippen LogP contribution in [0.1, 0.15) is 15.9 Å². The van der Waals surface area contributed by atoms with E-state index in [2.05, 4.69) is 34.6 Å². The lowest BCUT2D eigenvalue weighted by atomic mass is 10.00. The van der Waals surface area contributed by atoms with E-state index in [0.717, 1.165) is 22.0 Å². The third kappa shape index (κ3) is 3.52. The van der Waals surface area contributed by atoms with Gasteiger partial charge in [-0.05, 0) is 47.9 Å². The topological polar surface area (TPSA) is 76.2 Å². The lowest BCUT2D eigenvalue weighted by Crippen LogP contribution is -2.13. The molecule has 2 N–H and O–H groups in total. The summed E-state index contributed by atoms with van der Waals surface area (Å²) in [4.78, 5) is 12.8. The summed E-state index contributed by atoms with van der Waals surface area (Å²) in [5, 5.41) is 11.0. The number of rotatable bonds is 5. The molecule has 1 heterocycles. The third-order valence-corrected chi connectivity index (χ3v) is 4.90. The number of anilines is 1. The summed E-state index contributed by atoms with van der Waals surface area (Å²) in [6.07, 6.45) is 0. The first-order valence-electron chi connectivity index (χ1n) is 9.18. The van der Waals surface area contributed by atoms with Crippen LogP contribution in [0.15, 0.2) is 60.7 Å². The molecule has 4 aromatic rings. The summed E-state index contributed by atoms with van der Waals surface area (Å²) in [5.74, 6) is 1.22. The zero-order chi connectivity index (χ0) is 20.4. The fourth-order valence-corrected chi connectivity index (χ4v) is 3.34. The highest BCUT2D eigenvalue weighted by Gasteiger charge is 2.16. The van der Waals surface area contributed by atoms with Crippen LogP contribution in [0.25, 0.3) is 22.0 Å². The number of hydrogen-bond acceptors (Lipinski definition) is 4. The Bertz CT molecular complexity index is 1200. The van der Waals surface area contributed by atoms with E-state index in [4.69, 9.17) is 9.47 Å². The maximum atomic E-state index is 12.8. The molecule has 29 heavy (non-hydrogen) atoms. The first-order valence-corrected chi connectivity index (χ1v) is 9.18. The number of aromatic nitrogens is 2. The van der Waals surface area contributed by atoms with Crippen molar-refractivity contribution in [1.29, 1.82) is 0 Å². The summed E-state index contributed by atoms with van der Waals surface area (Å²) < 4.78 is 10.5. The van der Waals surface area contributed by atoms with E-state index < -0.39 is 0 Å². The molecule has 0 unspecified atom stereocenters. The van der Waals surface area contributed by atoms with Crippen molar-refractivity contribution in [3.8, 4) is 22.6 Å². The minimum atomic E-state index is -0.305. The molecular formula is C23H21N3O3. The van der Waals surface area contributed by atoms with Gasteiger partial charge in [-0.1, -0.05) is 30.3 Å². The molecule has 0 atom stereocenters. The molecule has 6 heteroatoms. The van der Waals surface area contributed by atoms with Gasteiger partial charge in [0.25, 0.3) is 5.91 Å². The number of aromatic amines is 1. The van der Waals surface area contributed by atoms with Crippen LogP contribution >= 0.6 is 0 Å². The highest BCUT2D eigenvalue weighted by molar-refractivity contribution is 6.09.